The summed E-state index contributed by atoms with van der Waals surface area (Å²) in [5.74, 6) is -3.98. The molecule has 0 radical (unpaired) electrons. The van der Waals surface area contributed by atoms with Crippen molar-refractivity contribution < 1.29 is 148 Å². The molecule has 258 valence electrons. The Hall–Kier alpha value is -2.98. The summed E-state index contributed by atoms with van der Waals surface area (Å²) < 4.78 is 87.9. The fourth-order valence-electron chi connectivity index (χ4n) is 4.62. The summed E-state index contributed by atoms with van der Waals surface area (Å²) in [5, 5.41) is 27.6. The van der Waals surface area contributed by atoms with Gasteiger partial charge >= 0.3 is 107 Å². The summed E-state index contributed by atoms with van der Waals surface area (Å²) >= 11 is 0. The second kappa shape index (κ2) is 17.9. The van der Waals surface area contributed by atoms with Crippen molar-refractivity contribution in [3.8, 4) is 0 Å². The number of anilines is 3. The van der Waals surface area contributed by atoms with E-state index in [0.717, 1.165) is 48.5 Å². The van der Waals surface area contributed by atoms with Crippen LogP contribution in [0, 0.1) is 0 Å². The van der Waals surface area contributed by atoms with Gasteiger partial charge in [0.25, 0.3) is 30.1 Å². The molecule has 0 unspecified atom stereocenters. The number of hydrogen-bond acceptors (Lipinski definition) is 9. The van der Waals surface area contributed by atoms with Crippen LogP contribution >= 0.6 is 0 Å². The van der Waals surface area contributed by atoms with E-state index in [2.05, 4.69) is 14.2 Å². The van der Waals surface area contributed by atoms with Gasteiger partial charge in [0.1, 0.15) is 0 Å². The number of sulfonamides is 3. The van der Waals surface area contributed by atoms with Gasteiger partial charge in [-0.3, -0.25) is 14.2 Å². The van der Waals surface area contributed by atoms with Gasteiger partial charge in [0.05, 0.1) is 31.4 Å². The molecule has 0 bridgehead atoms. The summed E-state index contributed by atoms with van der Waals surface area (Å²) in [7, 11) is -13.8. The van der Waals surface area contributed by atoms with Crippen molar-refractivity contribution in [2.45, 2.75) is 14.7 Å². The van der Waals surface area contributed by atoms with Gasteiger partial charge in [0, 0.05) is 22.4 Å². The summed E-state index contributed by atoms with van der Waals surface area (Å²) in [5.41, 5.74) is -1.13. The van der Waals surface area contributed by atoms with Crippen LogP contribution in [0.3, 0.4) is 0 Å². The molecule has 0 spiro atoms. The van der Waals surface area contributed by atoms with Crippen LogP contribution in [-0.2, 0) is 30.1 Å². The zero-order valence-electron chi connectivity index (χ0n) is 30.6. The number of hydrogen-bond donors (Lipinski definition) is 6. The van der Waals surface area contributed by atoms with Gasteiger partial charge in [0.15, 0.2) is 0 Å². The predicted octanol–water partition coefficient (Wildman–Crippen LogP) is -4.31. The number of fused-ring (bicyclic) bond motifs is 1. The molecule has 0 atom stereocenters. The number of carboxylic acids is 3. The Kier molecular flexibility index (Phi) is 15.5. The third-order valence-electron chi connectivity index (χ3n) is 6.85. The molecule has 0 aliphatic rings. The third-order valence-corrected chi connectivity index (χ3v) is 11.0. The minimum absolute atomic E-state index is 0. The quantitative estimate of drug-likeness (QED) is 0.0657. The summed E-state index contributed by atoms with van der Waals surface area (Å²) in [6.45, 7) is 0. The van der Waals surface area contributed by atoms with Crippen LogP contribution in [0.2, 0.25) is 0 Å². The Balaban J connectivity index is 0. The largest absolute Gasteiger partial charge is 1.00 e. The van der Waals surface area contributed by atoms with Gasteiger partial charge in [-0.1, -0.05) is 24.3 Å². The van der Waals surface area contributed by atoms with E-state index in [1.54, 1.807) is 0 Å². The van der Waals surface area contributed by atoms with E-state index >= 15 is 0 Å². The normalized spacial score (nSPS) is 11.2. The van der Waals surface area contributed by atoms with E-state index in [9.17, 15) is 55.0 Å². The van der Waals surface area contributed by atoms with E-state index in [-0.39, 0.29) is 137 Å². The second-order valence-corrected chi connectivity index (χ2v) is 15.3. The van der Waals surface area contributed by atoms with Gasteiger partial charge < -0.3 is 19.6 Å². The van der Waals surface area contributed by atoms with Crippen LogP contribution in [0.15, 0.2) is 118 Å². The van der Waals surface area contributed by atoms with Crippen molar-refractivity contribution >= 4 is 75.8 Å². The van der Waals surface area contributed by atoms with Crippen molar-refractivity contribution in [3.05, 3.63) is 120 Å². The maximum Gasteiger partial charge on any atom is 1.00 e. The summed E-state index contributed by atoms with van der Waals surface area (Å²) in [6, 6.07) is 19.5. The molecular weight excluding hydrogens is 772 g/mol. The maximum atomic E-state index is 13.7. The van der Waals surface area contributed by atoms with Gasteiger partial charge in [-0.2, -0.15) is 0 Å². The molecule has 5 rings (SSSR count). The third kappa shape index (κ3) is 10.6. The first-order chi connectivity index (χ1) is 22.9. The van der Waals surface area contributed by atoms with Crippen LogP contribution in [-0.4, -0.2) is 58.5 Å². The van der Waals surface area contributed by atoms with E-state index in [1.807, 2.05) is 0 Å². The monoisotopic (exact) mass is 797 g/mol. The number of aromatic carboxylic acids is 3. The Labute approximate surface area is 368 Å². The van der Waals surface area contributed by atoms with Crippen molar-refractivity contribution in [2.75, 3.05) is 14.2 Å². The molecule has 0 saturated heterocycles. The zero-order chi connectivity index (χ0) is 35.7. The molecular formula is C31H26N3Na3O12S3. The van der Waals surface area contributed by atoms with E-state index in [1.165, 1.54) is 54.6 Å². The van der Waals surface area contributed by atoms with Gasteiger partial charge in [-0.15, -0.1) is 0 Å². The van der Waals surface area contributed by atoms with Gasteiger partial charge in [0.2, 0.25) is 0 Å². The molecule has 0 fully saturated rings. The number of carbonyl (C=O) groups is 3. The van der Waals surface area contributed by atoms with Crippen molar-refractivity contribution in [1.82, 2.24) is 0 Å². The topological polar surface area (TPSA) is 250 Å². The van der Waals surface area contributed by atoms with Crippen molar-refractivity contribution in [3.63, 3.8) is 0 Å². The molecule has 52 heavy (non-hydrogen) atoms. The number of rotatable bonds is 12. The van der Waals surface area contributed by atoms with Crippen LogP contribution in [0.4, 0.5) is 17.1 Å². The van der Waals surface area contributed by atoms with Crippen LogP contribution < -0.4 is 103 Å². The first-order valence-electron chi connectivity index (χ1n) is 13.6. The minimum atomic E-state index is -4.70. The first kappa shape index (κ1) is 45.2. The average Bonchev–Trinajstić information content (AvgIpc) is 3.03. The fourth-order valence-corrected chi connectivity index (χ4v) is 8.19. The average molecular weight is 798 g/mol. The molecule has 0 aliphatic carbocycles. The Morgan fingerprint density at radius 1 is 0.462 bits per heavy atom. The SMILES string of the molecule is O=C(O)c1cccc(NS(=O)(=O)c2ccc3c(S(=O)(=O)Nc4cccc(C(=O)O)c4)cc(S(=O)(=O)Nc4cccc(C(=O)O)c4)cc3c2)c1.[H-].[H-].[H-].[Na+].[Na+].[Na+]. The molecule has 6 N–H and O–H groups in total. The number of carboxylic acid groups (broad SMARTS) is 3. The molecule has 15 nitrogen and oxygen atoms in total. The zero-order valence-corrected chi connectivity index (χ0v) is 36.0. The Morgan fingerprint density at radius 3 is 1.23 bits per heavy atom. The number of benzene rings is 5. The van der Waals surface area contributed by atoms with E-state index < -0.39 is 62.7 Å². The van der Waals surface area contributed by atoms with Gasteiger partial charge in [-0.05, 0) is 84.2 Å². The minimum Gasteiger partial charge on any atom is -1.00 e. The van der Waals surface area contributed by atoms with Gasteiger partial charge in [-0.25, -0.2) is 39.6 Å². The maximum absolute atomic E-state index is 13.7. The summed E-state index contributed by atoms with van der Waals surface area (Å²) in [4.78, 5) is 32.5. The van der Waals surface area contributed by atoms with Crippen LogP contribution in [0.5, 0.6) is 0 Å². The van der Waals surface area contributed by atoms with Crippen molar-refractivity contribution in [1.29, 1.82) is 0 Å². The van der Waals surface area contributed by atoms with Crippen LogP contribution in [0.1, 0.15) is 35.4 Å². The first-order valence-corrected chi connectivity index (χ1v) is 18.1. The standard InChI is InChI=1S/C31H23N3O12S3.3Na.3H/c35-29(36)18-4-1-7-22(12-18)32-47(41,42)25-10-11-27-21(15-25)16-26(48(43,44)33-23-8-2-5-19(13-23)30(37)38)17-28(27)49(45,46)34-24-9-3-6-20(14-24)31(39)40;;;;;;/h1-17,32-34H,(H,35,36)(H,37,38)(H,39,40);;;;;;/q;3*+1;3*-1. The smallest absolute Gasteiger partial charge is 1.00 e. The molecule has 5 aromatic rings. The molecule has 21 heteroatoms. The predicted molar refractivity (Wildman–Crippen MR) is 180 cm³/mol. The fraction of sp³-hybridized carbons (Fsp3) is 0. The second-order valence-electron chi connectivity index (χ2n) is 10.3. The van der Waals surface area contributed by atoms with E-state index in [0.29, 0.717) is 0 Å². The molecule has 5 aromatic carbocycles. The summed E-state index contributed by atoms with van der Waals surface area (Å²) in [6.07, 6.45) is 0. The molecule has 0 aromatic heterocycles. The van der Waals surface area contributed by atoms with Crippen LogP contribution in [0.25, 0.3) is 10.8 Å². The Bertz CT molecular complexity index is 2550. The van der Waals surface area contributed by atoms with E-state index in [4.69, 9.17) is 0 Å². The number of nitrogens with one attached hydrogen (secondary N) is 3. The molecule has 0 heterocycles. The Morgan fingerprint density at radius 2 is 0.827 bits per heavy atom. The molecule has 0 amide bonds. The molecule has 0 aliphatic heterocycles. The molecule has 0 saturated carbocycles. The van der Waals surface area contributed by atoms with Crippen molar-refractivity contribution in [2.24, 2.45) is 0 Å².